The molecule has 30 rings (SSSR count). The fraction of sp³-hybridized carbons (Fsp3) is 0.0216. The second-order valence-electron chi connectivity index (χ2n) is 37.9. The summed E-state index contributed by atoms with van der Waals surface area (Å²) in [6.07, 6.45) is 0. The van der Waals surface area contributed by atoms with E-state index in [9.17, 15) is 0 Å². The molecule has 0 saturated carbocycles. The van der Waals surface area contributed by atoms with E-state index in [2.05, 4.69) is 516 Å². The summed E-state index contributed by atoms with van der Waals surface area (Å²) in [7, 11) is 0. The third-order valence-electron chi connectivity index (χ3n) is 30.3. The minimum Gasteiger partial charge on any atom is -0.0881 e. The highest BCUT2D eigenvalue weighted by molar-refractivity contribution is 8.00. The van der Waals surface area contributed by atoms with Crippen molar-refractivity contribution in [1.82, 2.24) is 0 Å². The number of hydrogen-bond acceptors (Lipinski definition) is 3. The van der Waals surface area contributed by atoms with Gasteiger partial charge in [0.2, 0.25) is 0 Å². The number of rotatable bonds is 8. The van der Waals surface area contributed by atoms with Crippen LogP contribution >= 0.6 is 35.3 Å². The molecule has 0 fully saturated rings. The van der Waals surface area contributed by atoms with E-state index in [1.165, 1.54) is 275 Å². The molecule has 0 radical (unpaired) electrons. The summed E-state index contributed by atoms with van der Waals surface area (Å²) >= 11 is 5.91. The van der Waals surface area contributed by atoms with Crippen LogP contribution < -0.4 is 0 Å². The Labute approximate surface area is 836 Å². The van der Waals surface area contributed by atoms with Gasteiger partial charge in [-0.3, -0.25) is 0 Å². The molecule has 0 saturated heterocycles. The SMILES string of the molecule is c1ccc(-c2cccc(-c3ccc(C4c5c(c6ccccc6c6ccccc56)Sc5c4c4ccccc4c4ccccc54)cc3)c2)cc1.c1ccc(-c2ccccc2-c2ccc(C3c4c(c5ccccc5c5ccccc45)Sc4c3c3ccccc3c3ccccc43)cc2)cc1.c1ccc2c(-c3ccc(C4c5c(c6ccccc6c6ccccc56)Sc5c4c4ccccc4c4ccccc54)cc3)cccc2c1. The molecule has 0 amide bonds. The van der Waals surface area contributed by atoms with Gasteiger partial charge in [-0.05, 0) is 252 Å². The first-order valence-corrected chi connectivity index (χ1v) is 51.7. The van der Waals surface area contributed by atoms with Crippen molar-refractivity contribution in [1.29, 1.82) is 0 Å². The van der Waals surface area contributed by atoms with Gasteiger partial charge in [0.15, 0.2) is 0 Å². The maximum absolute atomic E-state index is 2.39. The number of hydrogen-bond donors (Lipinski definition) is 0. The first-order chi connectivity index (χ1) is 70.5. The number of fused-ring (bicyclic) bond motifs is 37. The van der Waals surface area contributed by atoms with Crippen LogP contribution in [0.5, 0.6) is 0 Å². The van der Waals surface area contributed by atoms with Gasteiger partial charge in [-0.25, -0.2) is 0 Å². The van der Waals surface area contributed by atoms with E-state index in [-0.39, 0.29) is 17.8 Å². The summed E-state index contributed by atoms with van der Waals surface area (Å²) in [5, 5.41) is 34.4. The average molecular weight is 1850 g/mol. The van der Waals surface area contributed by atoms with Crippen LogP contribution in [0.2, 0.25) is 0 Å². The van der Waals surface area contributed by atoms with Crippen molar-refractivity contribution in [3.8, 4) is 55.6 Å². The Bertz CT molecular complexity index is 9450. The van der Waals surface area contributed by atoms with Crippen LogP contribution in [0, 0.1) is 0 Å². The first kappa shape index (κ1) is 83.5. The minimum atomic E-state index is 0.0682. The Balaban J connectivity index is 0.000000104. The second-order valence-corrected chi connectivity index (χ2v) is 40.9. The maximum atomic E-state index is 2.39. The van der Waals surface area contributed by atoms with Gasteiger partial charge in [0.05, 0.1) is 0 Å². The van der Waals surface area contributed by atoms with Crippen molar-refractivity contribution < 1.29 is 0 Å². The van der Waals surface area contributed by atoms with Gasteiger partial charge >= 0.3 is 0 Å². The van der Waals surface area contributed by atoms with Crippen molar-refractivity contribution in [2.75, 3.05) is 0 Å². The van der Waals surface area contributed by atoms with E-state index in [1.807, 2.05) is 35.3 Å². The van der Waals surface area contributed by atoms with Gasteiger partial charge in [-0.2, -0.15) is 0 Å². The van der Waals surface area contributed by atoms with E-state index in [0.717, 1.165) is 0 Å². The minimum absolute atomic E-state index is 0.0682. The average Bonchev–Trinajstić information content (AvgIpc) is 0.706. The lowest BCUT2D eigenvalue weighted by molar-refractivity contribution is 0.938. The van der Waals surface area contributed by atoms with Crippen LogP contribution in [0.3, 0.4) is 0 Å². The molecule has 0 aliphatic carbocycles. The van der Waals surface area contributed by atoms with Gasteiger partial charge in [0.25, 0.3) is 0 Å². The van der Waals surface area contributed by atoms with Crippen LogP contribution in [0.1, 0.15) is 67.8 Å². The van der Waals surface area contributed by atoms with Crippen molar-refractivity contribution in [3.63, 3.8) is 0 Å². The summed E-state index contributed by atoms with van der Waals surface area (Å²) in [4.78, 5) is 8.26. The molecule has 27 aromatic carbocycles. The van der Waals surface area contributed by atoms with E-state index in [0.29, 0.717) is 0 Å². The standard InChI is InChI=1S/2C47H30S.C45H28S/c1-2-13-30(14-3-1)33-15-12-16-34(29-33)31-25-27-32(28-26-31)43-44-39-21-8-4-17-35(39)37-19-6-10-23-41(37)46(44)48-47-42-24-11-7-20-38(42)36-18-5-9-22-40(36)45(43)47;1-2-14-30(15-3-1)33-16-4-5-17-34(33)31-26-28-32(29-27-31)43-44-39-22-10-6-18-35(39)37-20-8-12-24-41(37)46(44)48-47-42-25-13-9-21-38(42)36-19-7-11-23-40(36)45(43)47;1-2-14-31-28(12-1)13-11-23-32(31)29-24-26-30(27-25-29)41-42-37-19-7-3-15-33(37)35-17-5-9-21-39(35)44(42)46-45-40-22-10-6-18-36(40)34-16-4-8-20-38(34)43(41)45/h2*1-29,43H;1-27,41H. The van der Waals surface area contributed by atoms with E-state index in [4.69, 9.17) is 0 Å². The Morgan fingerprint density at radius 3 is 0.577 bits per heavy atom. The van der Waals surface area contributed by atoms with Crippen LogP contribution in [-0.4, -0.2) is 0 Å². The van der Waals surface area contributed by atoms with E-state index in [1.54, 1.807) is 0 Å². The molecule has 142 heavy (non-hydrogen) atoms. The third-order valence-corrected chi connectivity index (χ3v) is 34.2. The van der Waals surface area contributed by atoms with Gasteiger partial charge in [0.1, 0.15) is 0 Å². The Morgan fingerprint density at radius 2 is 0.289 bits per heavy atom. The smallest absolute Gasteiger partial charge is 0.0375 e. The molecule has 0 nitrogen and oxygen atoms in total. The number of benzene rings is 27. The fourth-order valence-electron chi connectivity index (χ4n) is 24.1. The Morgan fingerprint density at radius 1 is 0.113 bits per heavy atom. The molecule has 3 heterocycles. The molecule has 3 heteroatoms. The lowest BCUT2D eigenvalue weighted by Gasteiger charge is -2.33. The lowest BCUT2D eigenvalue weighted by Crippen LogP contribution is -2.13. The molecule has 3 aliphatic rings. The molecule has 662 valence electrons. The van der Waals surface area contributed by atoms with E-state index < -0.39 is 0 Å². The van der Waals surface area contributed by atoms with Crippen molar-refractivity contribution in [2.45, 2.75) is 47.1 Å². The van der Waals surface area contributed by atoms with Crippen LogP contribution in [-0.2, 0) is 0 Å². The van der Waals surface area contributed by atoms with Crippen molar-refractivity contribution in [3.05, 3.63) is 566 Å². The zero-order valence-corrected chi connectivity index (χ0v) is 80.0. The predicted molar refractivity (Wildman–Crippen MR) is 608 cm³/mol. The summed E-state index contributed by atoms with van der Waals surface area (Å²) in [6.45, 7) is 0. The van der Waals surface area contributed by atoms with Gasteiger partial charge < -0.3 is 0 Å². The molecule has 27 aromatic rings. The monoisotopic (exact) mass is 1850 g/mol. The molecule has 0 atom stereocenters. The normalized spacial score (nSPS) is 12.9. The quantitative estimate of drug-likeness (QED) is 0.139. The molecule has 0 spiro atoms. The molecular formula is C139H88S3. The first-order valence-electron chi connectivity index (χ1n) is 49.3. The molecule has 0 aromatic heterocycles. The van der Waals surface area contributed by atoms with Crippen LogP contribution in [0.25, 0.3) is 196 Å². The highest BCUT2D eigenvalue weighted by Gasteiger charge is 2.39. The van der Waals surface area contributed by atoms with Crippen LogP contribution in [0.4, 0.5) is 0 Å². The van der Waals surface area contributed by atoms with Crippen LogP contribution in [0.15, 0.2) is 545 Å². The predicted octanol–water partition coefficient (Wildman–Crippen LogP) is 39.3. The van der Waals surface area contributed by atoms with Gasteiger partial charge in [0, 0.05) is 47.1 Å². The zero-order valence-electron chi connectivity index (χ0n) is 77.5. The Kier molecular flexibility index (Phi) is 20.4. The molecule has 3 aliphatic heterocycles. The highest BCUT2D eigenvalue weighted by atomic mass is 32.2. The summed E-state index contributed by atoms with van der Waals surface area (Å²) in [6, 6.07) is 191. The largest absolute Gasteiger partial charge is 0.0881 e. The molecule has 0 bridgehead atoms. The zero-order chi connectivity index (χ0) is 93.4. The van der Waals surface area contributed by atoms with E-state index >= 15 is 0 Å². The molecule has 0 N–H and O–H groups in total. The van der Waals surface area contributed by atoms with Gasteiger partial charge in [-0.15, -0.1) is 0 Å². The summed E-state index contributed by atoms with van der Waals surface area (Å²) in [5.74, 6) is 0.223. The second kappa shape index (κ2) is 34.8. The lowest BCUT2D eigenvalue weighted by atomic mass is 9.78. The Hall–Kier alpha value is -16.6. The summed E-state index contributed by atoms with van der Waals surface area (Å²) < 4.78 is 0. The van der Waals surface area contributed by atoms with Crippen molar-refractivity contribution in [2.24, 2.45) is 0 Å². The third kappa shape index (κ3) is 13.7. The molecular weight excluding hydrogens is 1770 g/mol. The summed E-state index contributed by atoms with van der Waals surface area (Å²) in [5.41, 5.74) is 24.9. The molecule has 0 unspecified atom stereocenters. The maximum Gasteiger partial charge on any atom is 0.0375 e. The topological polar surface area (TPSA) is 0 Å². The van der Waals surface area contributed by atoms with Crippen molar-refractivity contribution >= 4 is 175 Å². The fourth-order valence-corrected chi connectivity index (χ4v) is 28.5. The highest BCUT2D eigenvalue weighted by Crippen LogP contribution is 2.63. The van der Waals surface area contributed by atoms with Gasteiger partial charge in [-0.1, -0.05) is 545 Å².